The van der Waals surface area contributed by atoms with Crippen LogP contribution >= 0.6 is 35.6 Å². The van der Waals surface area contributed by atoms with Crippen LogP contribution in [0, 0.1) is 0 Å². The highest BCUT2D eigenvalue weighted by molar-refractivity contribution is 8.27. The molecule has 1 N–H and O–H groups in total. The average Bonchev–Trinajstić information content (AvgIpc) is 3.28. The van der Waals surface area contributed by atoms with Crippen LogP contribution in [0.5, 0.6) is 0 Å². The van der Waals surface area contributed by atoms with Gasteiger partial charge in [0.2, 0.25) is 0 Å². The number of furan rings is 1. The first kappa shape index (κ1) is 19.4. The van der Waals surface area contributed by atoms with Gasteiger partial charge in [-0.25, -0.2) is 4.79 Å². The molecular formula is C21H12ClNO4S2. The quantitative estimate of drug-likeness (QED) is 0.413. The first-order valence-corrected chi connectivity index (χ1v) is 10.00. The number of carbonyl (C=O) groups is 2. The minimum atomic E-state index is -1.01. The molecule has 1 saturated heterocycles. The fourth-order valence-corrected chi connectivity index (χ4v) is 4.21. The number of thiocarbonyl (C=S) groups is 1. The van der Waals surface area contributed by atoms with Crippen LogP contribution in [0.15, 0.2) is 70.0 Å². The molecule has 0 radical (unpaired) electrons. The Morgan fingerprint density at radius 1 is 1.14 bits per heavy atom. The number of amides is 1. The molecule has 2 aromatic carbocycles. The fraction of sp³-hybridized carbons (Fsp3) is 0. The molecule has 1 amide bonds. The van der Waals surface area contributed by atoms with E-state index in [0.717, 1.165) is 0 Å². The molecule has 0 bridgehead atoms. The minimum Gasteiger partial charge on any atom is -0.478 e. The normalized spacial score (nSPS) is 15.3. The van der Waals surface area contributed by atoms with Gasteiger partial charge in [0.15, 0.2) is 4.32 Å². The van der Waals surface area contributed by atoms with Crippen LogP contribution in [0.3, 0.4) is 0 Å². The van der Waals surface area contributed by atoms with Crippen molar-refractivity contribution in [3.63, 3.8) is 0 Å². The maximum atomic E-state index is 12.8. The molecule has 144 valence electrons. The number of carbonyl (C=O) groups excluding carboxylic acids is 1. The number of benzene rings is 2. The third-order valence-corrected chi connectivity index (χ3v) is 5.73. The lowest BCUT2D eigenvalue weighted by molar-refractivity contribution is -0.113. The molecule has 3 aromatic rings. The number of anilines is 1. The van der Waals surface area contributed by atoms with Crippen LogP contribution in [0.25, 0.3) is 17.4 Å². The average molecular weight is 442 g/mol. The van der Waals surface area contributed by atoms with Gasteiger partial charge in [0.1, 0.15) is 11.5 Å². The zero-order valence-corrected chi connectivity index (χ0v) is 17.1. The number of halogens is 1. The highest BCUT2D eigenvalue weighted by atomic mass is 35.5. The van der Waals surface area contributed by atoms with E-state index >= 15 is 0 Å². The predicted molar refractivity (Wildman–Crippen MR) is 118 cm³/mol. The van der Waals surface area contributed by atoms with Gasteiger partial charge in [0.05, 0.1) is 16.2 Å². The second-order valence-corrected chi connectivity index (χ2v) is 8.19. The second-order valence-electron chi connectivity index (χ2n) is 6.08. The lowest BCUT2D eigenvalue weighted by Crippen LogP contribution is -2.27. The van der Waals surface area contributed by atoms with E-state index in [-0.39, 0.29) is 11.5 Å². The van der Waals surface area contributed by atoms with E-state index < -0.39 is 5.97 Å². The maximum Gasteiger partial charge on any atom is 0.335 e. The first-order chi connectivity index (χ1) is 13.9. The van der Waals surface area contributed by atoms with Gasteiger partial charge in [-0.15, -0.1) is 0 Å². The van der Waals surface area contributed by atoms with E-state index in [1.807, 2.05) is 0 Å². The van der Waals surface area contributed by atoms with Crippen molar-refractivity contribution >= 4 is 63.5 Å². The largest absolute Gasteiger partial charge is 0.478 e. The first-order valence-electron chi connectivity index (χ1n) is 8.39. The van der Waals surface area contributed by atoms with Crippen molar-refractivity contribution in [3.05, 3.63) is 81.9 Å². The standard InChI is InChI=1S/C21H12ClNO4S2/c22-14-4-6-15(7-5-14)23-19(24)18(29-21(23)28)11-16-8-9-17(27-16)12-2-1-3-13(10-12)20(25)26/h1-11H,(H,25,26)/b18-11+. The molecule has 8 heteroatoms. The molecule has 0 unspecified atom stereocenters. The third-order valence-electron chi connectivity index (χ3n) is 4.17. The van der Waals surface area contributed by atoms with Gasteiger partial charge >= 0.3 is 5.97 Å². The van der Waals surface area contributed by atoms with Crippen molar-refractivity contribution in [1.29, 1.82) is 0 Å². The molecule has 1 aromatic heterocycles. The smallest absolute Gasteiger partial charge is 0.335 e. The van der Waals surface area contributed by atoms with Gasteiger partial charge in [0, 0.05) is 16.7 Å². The molecule has 1 aliphatic heterocycles. The van der Waals surface area contributed by atoms with Gasteiger partial charge in [-0.05, 0) is 48.5 Å². The number of hydrogen-bond acceptors (Lipinski definition) is 5. The monoisotopic (exact) mass is 441 g/mol. The Hall–Kier alpha value is -2.87. The summed E-state index contributed by atoms with van der Waals surface area (Å²) in [6.07, 6.45) is 1.62. The number of carboxylic acids is 1. The van der Waals surface area contributed by atoms with Crippen molar-refractivity contribution in [2.75, 3.05) is 4.90 Å². The Labute approximate surface area is 180 Å². The van der Waals surface area contributed by atoms with Crippen molar-refractivity contribution in [3.8, 4) is 11.3 Å². The summed E-state index contributed by atoms with van der Waals surface area (Å²) >= 11 is 12.4. The van der Waals surface area contributed by atoms with E-state index in [1.54, 1.807) is 54.6 Å². The molecule has 0 atom stereocenters. The van der Waals surface area contributed by atoms with Crippen molar-refractivity contribution in [2.45, 2.75) is 0 Å². The van der Waals surface area contributed by atoms with Crippen LogP contribution < -0.4 is 4.90 Å². The summed E-state index contributed by atoms with van der Waals surface area (Å²) < 4.78 is 6.21. The molecule has 0 aliphatic carbocycles. The molecule has 4 rings (SSSR count). The summed E-state index contributed by atoms with van der Waals surface area (Å²) in [6.45, 7) is 0. The highest BCUT2D eigenvalue weighted by Gasteiger charge is 2.33. The van der Waals surface area contributed by atoms with Gasteiger partial charge in [-0.1, -0.05) is 47.7 Å². The van der Waals surface area contributed by atoms with Gasteiger partial charge < -0.3 is 9.52 Å². The molecular weight excluding hydrogens is 430 g/mol. The molecule has 0 spiro atoms. The number of carboxylic acid groups (broad SMARTS) is 1. The van der Waals surface area contributed by atoms with Gasteiger partial charge in [-0.2, -0.15) is 0 Å². The van der Waals surface area contributed by atoms with Gasteiger partial charge in [-0.3, -0.25) is 9.69 Å². The van der Waals surface area contributed by atoms with E-state index in [4.69, 9.17) is 33.3 Å². The van der Waals surface area contributed by atoms with Crippen LogP contribution in [-0.2, 0) is 4.79 Å². The zero-order valence-electron chi connectivity index (χ0n) is 14.7. The summed E-state index contributed by atoms with van der Waals surface area (Å²) in [4.78, 5) is 25.8. The number of rotatable bonds is 4. The third kappa shape index (κ3) is 3.98. The molecule has 1 fully saturated rings. The Morgan fingerprint density at radius 2 is 1.90 bits per heavy atom. The molecule has 5 nitrogen and oxygen atoms in total. The number of thioether (sulfide) groups is 1. The van der Waals surface area contributed by atoms with Gasteiger partial charge in [0.25, 0.3) is 5.91 Å². The van der Waals surface area contributed by atoms with Crippen LogP contribution in [0.4, 0.5) is 5.69 Å². The number of aromatic carboxylic acids is 1. The SMILES string of the molecule is O=C(O)c1cccc(-c2ccc(/C=C3/SC(=S)N(c4ccc(Cl)cc4)C3=O)o2)c1. The zero-order chi connectivity index (χ0) is 20.5. The summed E-state index contributed by atoms with van der Waals surface area (Å²) in [5.41, 5.74) is 1.45. The fourth-order valence-electron chi connectivity index (χ4n) is 2.80. The van der Waals surface area contributed by atoms with Crippen LogP contribution in [0.1, 0.15) is 16.1 Å². The molecule has 1 aliphatic rings. The van der Waals surface area contributed by atoms with E-state index in [9.17, 15) is 9.59 Å². The Bertz CT molecular complexity index is 1170. The van der Waals surface area contributed by atoms with E-state index in [2.05, 4.69) is 0 Å². The summed E-state index contributed by atoms with van der Waals surface area (Å²) in [6, 6.07) is 16.8. The summed E-state index contributed by atoms with van der Waals surface area (Å²) in [7, 11) is 0. The van der Waals surface area contributed by atoms with Crippen LogP contribution in [-0.4, -0.2) is 21.3 Å². The van der Waals surface area contributed by atoms with E-state index in [1.165, 1.54) is 28.8 Å². The van der Waals surface area contributed by atoms with Crippen molar-refractivity contribution in [2.24, 2.45) is 0 Å². The molecule has 29 heavy (non-hydrogen) atoms. The summed E-state index contributed by atoms with van der Waals surface area (Å²) in [5, 5.41) is 9.71. The Kier molecular flexibility index (Phi) is 5.27. The maximum absolute atomic E-state index is 12.8. The molecule has 2 heterocycles. The number of nitrogens with zero attached hydrogens (tertiary/aromatic N) is 1. The summed E-state index contributed by atoms with van der Waals surface area (Å²) in [5.74, 6) is -0.275. The molecule has 0 saturated carbocycles. The van der Waals surface area contributed by atoms with Crippen LogP contribution in [0.2, 0.25) is 5.02 Å². The topological polar surface area (TPSA) is 70.8 Å². The predicted octanol–water partition coefficient (Wildman–Crippen LogP) is 5.70. The Balaban J connectivity index is 1.60. The van der Waals surface area contributed by atoms with Crippen molar-refractivity contribution in [1.82, 2.24) is 0 Å². The number of hydrogen-bond donors (Lipinski definition) is 1. The van der Waals surface area contributed by atoms with Crippen molar-refractivity contribution < 1.29 is 19.1 Å². The van der Waals surface area contributed by atoms with E-state index in [0.29, 0.717) is 37.0 Å². The lowest BCUT2D eigenvalue weighted by atomic mass is 10.1. The minimum absolute atomic E-state index is 0.171. The lowest BCUT2D eigenvalue weighted by Gasteiger charge is -2.14. The second kappa shape index (κ2) is 7.87. The Morgan fingerprint density at radius 3 is 2.62 bits per heavy atom. The highest BCUT2D eigenvalue weighted by Crippen LogP contribution is 2.37.